The third-order valence-electron chi connectivity index (χ3n) is 1.37. The zero-order valence-corrected chi connectivity index (χ0v) is 7.45. The van der Waals surface area contributed by atoms with Crippen molar-refractivity contribution in [1.82, 2.24) is 0 Å². The SMILES string of the molecule is Nc1ccc(S(=O)C(F)(F)F)c(F)c1. The zero-order valence-electron chi connectivity index (χ0n) is 6.64. The van der Waals surface area contributed by atoms with Gasteiger partial charge in [0.25, 0.3) is 0 Å². The van der Waals surface area contributed by atoms with Gasteiger partial charge < -0.3 is 5.73 Å². The summed E-state index contributed by atoms with van der Waals surface area (Å²) in [6.45, 7) is 0. The van der Waals surface area contributed by atoms with Crippen molar-refractivity contribution in [2.24, 2.45) is 0 Å². The molecule has 1 aromatic rings. The first-order chi connectivity index (χ1) is 6.32. The first-order valence-electron chi connectivity index (χ1n) is 3.36. The molecule has 1 atom stereocenters. The van der Waals surface area contributed by atoms with Gasteiger partial charge in [-0.15, -0.1) is 0 Å². The lowest BCUT2D eigenvalue weighted by Gasteiger charge is -2.06. The molecule has 1 unspecified atom stereocenters. The Morgan fingerprint density at radius 2 is 1.86 bits per heavy atom. The van der Waals surface area contributed by atoms with Crippen LogP contribution in [-0.4, -0.2) is 9.72 Å². The van der Waals surface area contributed by atoms with Crippen LogP contribution in [-0.2, 0) is 10.8 Å². The summed E-state index contributed by atoms with van der Waals surface area (Å²) >= 11 is 0. The molecule has 0 heterocycles. The maximum atomic E-state index is 12.9. The molecule has 0 aliphatic heterocycles. The average molecular weight is 227 g/mol. The summed E-state index contributed by atoms with van der Waals surface area (Å²) in [5.74, 6) is -1.22. The number of alkyl halides is 3. The second kappa shape index (κ2) is 3.56. The molecule has 2 nitrogen and oxygen atoms in total. The first kappa shape index (κ1) is 11.0. The minimum absolute atomic E-state index is 0.0228. The maximum Gasteiger partial charge on any atom is 0.475 e. The summed E-state index contributed by atoms with van der Waals surface area (Å²) in [6.07, 6.45) is 0. The number of hydrogen-bond acceptors (Lipinski definition) is 2. The molecule has 1 rings (SSSR count). The number of nitrogen functional groups attached to an aromatic ring is 1. The van der Waals surface area contributed by atoms with Gasteiger partial charge >= 0.3 is 5.51 Å². The van der Waals surface area contributed by atoms with E-state index in [1.54, 1.807) is 0 Å². The summed E-state index contributed by atoms with van der Waals surface area (Å²) in [4.78, 5) is -0.910. The predicted molar refractivity (Wildman–Crippen MR) is 43.3 cm³/mol. The number of hydrogen-bond donors (Lipinski definition) is 1. The lowest BCUT2D eigenvalue weighted by atomic mass is 10.3. The van der Waals surface area contributed by atoms with E-state index in [0.29, 0.717) is 6.07 Å². The van der Waals surface area contributed by atoms with Crippen molar-refractivity contribution in [1.29, 1.82) is 0 Å². The minimum atomic E-state index is -4.96. The Balaban J connectivity index is 3.15. The largest absolute Gasteiger partial charge is 0.475 e. The summed E-state index contributed by atoms with van der Waals surface area (Å²) in [5, 5.41) is 0. The molecular formula is C7H5F4NOS. The highest BCUT2D eigenvalue weighted by atomic mass is 32.2. The first-order valence-corrected chi connectivity index (χ1v) is 4.51. The van der Waals surface area contributed by atoms with Gasteiger partial charge in [0, 0.05) is 5.69 Å². The van der Waals surface area contributed by atoms with Crippen LogP contribution in [0.5, 0.6) is 0 Å². The molecule has 0 aliphatic rings. The van der Waals surface area contributed by atoms with Crippen LogP contribution in [0.25, 0.3) is 0 Å². The van der Waals surface area contributed by atoms with Gasteiger partial charge in [0.1, 0.15) is 5.82 Å². The van der Waals surface area contributed by atoms with Gasteiger partial charge in [-0.25, -0.2) is 8.60 Å². The number of rotatable bonds is 1. The number of benzene rings is 1. The molecule has 0 saturated carbocycles. The lowest BCUT2D eigenvalue weighted by Crippen LogP contribution is -2.17. The van der Waals surface area contributed by atoms with E-state index < -0.39 is 27.0 Å². The quantitative estimate of drug-likeness (QED) is 0.589. The summed E-state index contributed by atoms with van der Waals surface area (Å²) in [7, 11) is -3.35. The number of nitrogens with two attached hydrogens (primary N) is 1. The van der Waals surface area contributed by atoms with Gasteiger partial charge in [0.15, 0.2) is 10.8 Å². The normalized spacial score (nSPS) is 14.0. The van der Waals surface area contributed by atoms with Crippen LogP contribution in [0.1, 0.15) is 0 Å². The zero-order chi connectivity index (χ0) is 10.9. The molecular weight excluding hydrogens is 222 g/mol. The molecule has 0 aliphatic carbocycles. The van der Waals surface area contributed by atoms with Gasteiger partial charge in [-0.2, -0.15) is 13.2 Å². The van der Waals surface area contributed by atoms with Crippen LogP contribution in [0, 0.1) is 5.82 Å². The van der Waals surface area contributed by atoms with E-state index >= 15 is 0 Å². The van der Waals surface area contributed by atoms with Crippen molar-refractivity contribution in [2.75, 3.05) is 5.73 Å². The number of anilines is 1. The summed E-state index contributed by atoms with van der Waals surface area (Å²) in [6, 6.07) is 2.51. The second-order valence-electron chi connectivity index (χ2n) is 2.40. The molecule has 0 aromatic heterocycles. The smallest absolute Gasteiger partial charge is 0.399 e. The monoisotopic (exact) mass is 227 g/mol. The average Bonchev–Trinajstić information content (AvgIpc) is 2.01. The third-order valence-corrected chi connectivity index (χ3v) is 2.52. The third kappa shape index (κ3) is 2.22. The Hall–Kier alpha value is -1.11. The topological polar surface area (TPSA) is 43.1 Å². The van der Waals surface area contributed by atoms with E-state index in [2.05, 4.69) is 0 Å². The van der Waals surface area contributed by atoms with Crippen molar-refractivity contribution >= 4 is 16.5 Å². The van der Waals surface area contributed by atoms with Gasteiger partial charge in [0.2, 0.25) is 0 Å². The fraction of sp³-hybridized carbons (Fsp3) is 0.143. The Morgan fingerprint density at radius 3 is 2.29 bits per heavy atom. The molecule has 78 valence electrons. The molecule has 7 heteroatoms. The van der Waals surface area contributed by atoms with E-state index in [4.69, 9.17) is 5.73 Å². The predicted octanol–water partition coefficient (Wildman–Crippen LogP) is 2.04. The van der Waals surface area contributed by atoms with Crippen LogP contribution >= 0.6 is 0 Å². The molecule has 0 bridgehead atoms. The van der Waals surface area contributed by atoms with Crippen LogP contribution in [0.4, 0.5) is 23.2 Å². The van der Waals surface area contributed by atoms with Crippen LogP contribution in [0.15, 0.2) is 23.1 Å². The second-order valence-corrected chi connectivity index (χ2v) is 3.84. The molecule has 14 heavy (non-hydrogen) atoms. The van der Waals surface area contributed by atoms with Crippen LogP contribution in [0.2, 0.25) is 0 Å². The molecule has 0 saturated heterocycles. The Labute approximate surface area is 79.2 Å². The lowest BCUT2D eigenvalue weighted by molar-refractivity contribution is -0.0386. The van der Waals surface area contributed by atoms with Crippen molar-refractivity contribution in [3.8, 4) is 0 Å². The van der Waals surface area contributed by atoms with Gasteiger partial charge in [0.05, 0.1) is 4.90 Å². The van der Waals surface area contributed by atoms with Gasteiger partial charge in [-0.1, -0.05) is 0 Å². The van der Waals surface area contributed by atoms with Gasteiger partial charge in [-0.05, 0) is 18.2 Å². The number of halogens is 4. The molecule has 0 radical (unpaired) electrons. The molecule has 1 aromatic carbocycles. The highest BCUT2D eigenvalue weighted by Gasteiger charge is 2.39. The summed E-state index contributed by atoms with van der Waals surface area (Å²) < 4.78 is 59.3. The highest BCUT2D eigenvalue weighted by Crippen LogP contribution is 2.28. The fourth-order valence-corrected chi connectivity index (χ4v) is 1.47. The van der Waals surface area contributed by atoms with E-state index in [0.717, 1.165) is 12.1 Å². The van der Waals surface area contributed by atoms with Crippen molar-refractivity contribution < 1.29 is 21.8 Å². The van der Waals surface area contributed by atoms with Crippen molar-refractivity contribution in [3.63, 3.8) is 0 Å². The molecule has 0 amide bonds. The van der Waals surface area contributed by atoms with Crippen LogP contribution < -0.4 is 5.73 Å². The van der Waals surface area contributed by atoms with E-state index in [9.17, 15) is 21.8 Å². The van der Waals surface area contributed by atoms with Crippen LogP contribution in [0.3, 0.4) is 0 Å². The highest BCUT2D eigenvalue weighted by molar-refractivity contribution is 7.86. The van der Waals surface area contributed by atoms with E-state index in [1.165, 1.54) is 0 Å². The summed E-state index contributed by atoms with van der Waals surface area (Å²) in [5.41, 5.74) is 0.132. The maximum absolute atomic E-state index is 12.9. The Kier molecular flexibility index (Phi) is 2.79. The Morgan fingerprint density at radius 1 is 1.29 bits per heavy atom. The molecule has 0 fully saturated rings. The van der Waals surface area contributed by atoms with Crippen molar-refractivity contribution in [2.45, 2.75) is 10.4 Å². The Bertz CT molecular complexity index is 376. The fourth-order valence-electron chi connectivity index (χ4n) is 0.792. The molecule has 0 spiro atoms. The van der Waals surface area contributed by atoms with E-state index in [-0.39, 0.29) is 5.69 Å². The minimum Gasteiger partial charge on any atom is -0.399 e. The standard InChI is InChI=1S/C7H5F4NOS/c8-5-3-4(12)1-2-6(5)14(13)7(9,10)11/h1-3H,12H2. The van der Waals surface area contributed by atoms with Crippen molar-refractivity contribution in [3.05, 3.63) is 24.0 Å². The van der Waals surface area contributed by atoms with Gasteiger partial charge in [-0.3, -0.25) is 0 Å². The van der Waals surface area contributed by atoms with E-state index in [1.807, 2.05) is 0 Å². The molecule has 2 N–H and O–H groups in total.